The van der Waals surface area contributed by atoms with Crippen molar-refractivity contribution < 1.29 is 19.4 Å². The van der Waals surface area contributed by atoms with Gasteiger partial charge in [-0.3, -0.25) is 9.59 Å². The summed E-state index contributed by atoms with van der Waals surface area (Å²) >= 11 is 0. The molecule has 2 N–H and O–H groups in total. The number of carbonyl (C=O) groups is 2. The van der Waals surface area contributed by atoms with Crippen molar-refractivity contribution in [1.82, 2.24) is 10.2 Å². The predicted molar refractivity (Wildman–Crippen MR) is 102 cm³/mol. The lowest BCUT2D eigenvalue weighted by Crippen LogP contribution is -2.48. The Balaban J connectivity index is 1.60. The highest BCUT2D eigenvalue weighted by Crippen LogP contribution is 2.48. The van der Waals surface area contributed by atoms with Crippen molar-refractivity contribution in [2.75, 3.05) is 13.2 Å². The van der Waals surface area contributed by atoms with E-state index >= 15 is 0 Å². The first-order valence-corrected chi connectivity index (χ1v) is 9.83. The smallest absolute Gasteiger partial charge is 0.258 e. The molecule has 2 amide bonds. The summed E-state index contributed by atoms with van der Waals surface area (Å²) in [5.74, 6) is 0.453. The quantitative estimate of drug-likeness (QED) is 0.827. The zero-order chi connectivity index (χ0) is 19.4. The summed E-state index contributed by atoms with van der Waals surface area (Å²) in [4.78, 5) is 26.4. The van der Waals surface area contributed by atoms with Crippen LogP contribution < -0.4 is 10.1 Å². The Morgan fingerprint density at radius 3 is 2.67 bits per heavy atom. The number of aliphatic hydroxyl groups excluding tert-OH is 1. The van der Waals surface area contributed by atoms with E-state index in [2.05, 4.69) is 12.2 Å². The van der Waals surface area contributed by atoms with E-state index in [-0.39, 0.29) is 35.9 Å². The van der Waals surface area contributed by atoms with Crippen molar-refractivity contribution in [1.29, 1.82) is 0 Å². The Hall–Kier alpha value is -2.08. The van der Waals surface area contributed by atoms with E-state index in [1.165, 1.54) is 0 Å². The zero-order valence-electron chi connectivity index (χ0n) is 16.2. The Morgan fingerprint density at radius 1 is 1.26 bits per heavy atom. The second kappa shape index (κ2) is 8.30. The molecule has 148 valence electrons. The fourth-order valence-corrected chi connectivity index (χ4v) is 4.74. The molecule has 0 radical (unpaired) electrons. The summed E-state index contributed by atoms with van der Waals surface area (Å²) in [5, 5.41) is 13.6. The van der Waals surface area contributed by atoms with E-state index in [1.54, 1.807) is 19.1 Å². The molecule has 0 spiro atoms. The van der Waals surface area contributed by atoms with Crippen molar-refractivity contribution in [2.24, 2.45) is 5.41 Å². The molecule has 6 nitrogen and oxygen atoms in total. The van der Waals surface area contributed by atoms with Crippen LogP contribution in [-0.2, 0) is 9.59 Å². The Bertz CT molecular complexity index is 665. The molecule has 1 saturated carbocycles. The monoisotopic (exact) mass is 374 g/mol. The molecule has 0 bridgehead atoms. The van der Waals surface area contributed by atoms with Crippen LogP contribution in [0.15, 0.2) is 30.3 Å². The van der Waals surface area contributed by atoms with Gasteiger partial charge in [0.2, 0.25) is 5.91 Å². The van der Waals surface area contributed by atoms with Gasteiger partial charge in [0.25, 0.3) is 5.91 Å². The number of hydrogen-bond donors (Lipinski definition) is 2. The first kappa shape index (κ1) is 19.7. The molecule has 1 aromatic rings. The van der Waals surface area contributed by atoms with Crippen LogP contribution in [0.2, 0.25) is 0 Å². The Morgan fingerprint density at radius 2 is 1.96 bits per heavy atom. The molecule has 2 fully saturated rings. The van der Waals surface area contributed by atoms with Gasteiger partial charge in [0.15, 0.2) is 6.61 Å². The molecule has 3 rings (SSSR count). The molecular weight excluding hydrogens is 344 g/mol. The summed E-state index contributed by atoms with van der Waals surface area (Å²) in [6.45, 7) is 4.00. The molecule has 27 heavy (non-hydrogen) atoms. The van der Waals surface area contributed by atoms with E-state index in [4.69, 9.17) is 4.74 Å². The fraction of sp³-hybridized carbons (Fsp3) is 0.619. The van der Waals surface area contributed by atoms with E-state index in [1.807, 2.05) is 23.1 Å². The lowest BCUT2D eigenvalue weighted by molar-refractivity contribution is -0.134. The van der Waals surface area contributed by atoms with Crippen molar-refractivity contribution in [3.05, 3.63) is 30.3 Å². The maximum atomic E-state index is 12.3. The minimum atomic E-state index is -0.408. The number of likely N-dealkylation sites (tertiary alicyclic amines) is 1. The predicted octanol–water partition coefficient (Wildman–Crippen LogP) is 2.11. The summed E-state index contributed by atoms with van der Waals surface area (Å²) in [5.41, 5.74) is -0.307. The number of aliphatic hydroxyl groups is 1. The van der Waals surface area contributed by atoms with Gasteiger partial charge in [-0.2, -0.15) is 0 Å². The summed E-state index contributed by atoms with van der Waals surface area (Å²) in [7, 11) is 0. The lowest BCUT2D eigenvalue weighted by atomic mass is 9.75. The van der Waals surface area contributed by atoms with Crippen molar-refractivity contribution >= 4 is 11.8 Å². The lowest BCUT2D eigenvalue weighted by Gasteiger charge is -2.37. The molecule has 2 aliphatic rings. The van der Waals surface area contributed by atoms with Crippen LogP contribution in [0.1, 0.15) is 46.0 Å². The number of benzene rings is 1. The fourth-order valence-electron chi connectivity index (χ4n) is 4.74. The molecule has 1 aromatic carbocycles. The summed E-state index contributed by atoms with van der Waals surface area (Å²) < 4.78 is 5.47. The van der Waals surface area contributed by atoms with Crippen LogP contribution in [-0.4, -0.2) is 53.2 Å². The van der Waals surface area contributed by atoms with Gasteiger partial charge in [0, 0.05) is 24.9 Å². The third-order valence-corrected chi connectivity index (χ3v) is 6.14. The summed E-state index contributed by atoms with van der Waals surface area (Å²) in [6, 6.07) is 9.15. The highest BCUT2D eigenvalue weighted by atomic mass is 16.5. The molecular formula is C21H30N2O4. The second-order valence-corrected chi connectivity index (χ2v) is 8.01. The van der Waals surface area contributed by atoms with Crippen LogP contribution in [0.4, 0.5) is 0 Å². The van der Waals surface area contributed by atoms with Crippen LogP contribution in [0, 0.1) is 5.41 Å². The van der Waals surface area contributed by atoms with E-state index in [0.29, 0.717) is 18.7 Å². The summed E-state index contributed by atoms with van der Waals surface area (Å²) in [6.07, 6.45) is 4.01. The van der Waals surface area contributed by atoms with Crippen molar-refractivity contribution in [3.8, 4) is 5.75 Å². The van der Waals surface area contributed by atoms with E-state index in [9.17, 15) is 14.7 Å². The van der Waals surface area contributed by atoms with E-state index in [0.717, 1.165) is 25.7 Å². The third kappa shape index (κ3) is 4.26. The number of nitrogens with zero attached hydrogens (tertiary/aromatic N) is 1. The molecule has 6 heteroatoms. The van der Waals surface area contributed by atoms with Gasteiger partial charge in [-0.25, -0.2) is 0 Å². The average molecular weight is 374 g/mol. The molecule has 0 unspecified atom stereocenters. The number of fused-ring (bicyclic) bond motifs is 1. The van der Waals surface area contributed by atoms with Gasteiger partial charge in [0.1, 0.15) is 5.75 Å². The number of ether oxygens (including phenoxy) is 1. The topological polar surface area (TPSA) is 78.9 Å². The Labute approximate surface area is 160 Å². The molecule has 0 aromatic heterocycles. The molecule has 1 saturated heterocycles. The molecule has 1 aliphatic carbocycles. The van der Waals surface area contributed by atoms with E-state index < -0.39 is 6.10 Å². The van der Waals surface area contributed by atoms with Gasteiger partial charge in [-0.05, 0) is 31.4 Å². The SMILES string of the molecule is CC(=O)N1[C@@H](CNC(=O)COc2ccccc2)C[C@@]2(C)[C@@H](O)CCCC[C@@H]12. The molecule has 1 aliphatic heterocycles. The number of para-hydroxylation sites is 1. The normalized spacial score (nSPS) is 30.3. The van der Waals surface area contributed by atoms with Gasteiger partial charge < -0.3 is 20.1 Å². The van der Waals surface area contributed by atoms with Gasteiger partial charge >= 0.3 is 0 Å². The first-order valence-electron chi connectivity index (χ1n) is 9.83. The number of hydrogen-bond acceptors (Lipinski definition) is 4. The van der Waals surface area contributed by atoms with Gasteiger partial charge in [-0.15, -0.1) is 0 Å². The van der Waals surface area contributed by atoms with Gasteiger partial charge in [0.05, 0.1) is 12.1 Å². The van der Waals surface area contributed by atoms with Crippen molar-refractivity contribution in [2.45, 2.75) is 64.1 Å². The van der Waals surface area contributed by atoms with Gasteiger partial charge in [-0.1, -0.05) is 38.0 Å². The minimum absolute atomic E-state index is 0.0117. The standard InChI is InChI=1S/C21H30N2O4/c1-15(24)23-16(12-21(2)18(23)10-6-7-11-19(21)25)13-22-20(26)14-27-17-8-4-3-5-9-17/h3-5,8-9,16,18-19,25H,6-7,10-14H2,1-2H3,(H,22,26)/t16-,18-,19+,21-/m1/s1. The second-order valence-electron chi connectivity index (χ2n) is 8.01. The zero-order valence-corrected chi connectivity index (χ0v) is 16.2. The Kier molecular flexibility index (Phi) is 6.05. The minimum Gasteiger partial charge on any atom is -0.484 e. The average Bonchev–Trinajstić information content (AvgIpc) is 2.87. The highest BCUT2D eigenvalue weighted by molar-refractivity contribution is 5.78. The molecule has 1 heterocycles. The number of rotatable bonds is 5. The van der Waals surface area contributed by atoms with Crippen LogP contribution in [0.3, 0.4) is 0 Å². The number of carbonyl (C=O) groups excluding carboxylic acids is 2. The third-order valence-electron chi connectivity index (χ3n) is 6.14. The molecule has 4 atom stereocenters. The number of amides is 2. The maximum Gasteiger partial charge on any atom is 0.258 e. The van der Waals surface area contributed by atoms with Crippen molar-refractivity contribution in [3.63, 3.8) is 0 Å². The number of nitrogens with one attached hydrogen (secondary N) is 1. The first-order chi connectivity index (χ1) is 12.9. The largest absolute Gasteiger partial charge is 0.484 e. The van der Waals surface area contributed by atoms with Crippen LogP contribution >= 0.6 is 0 Å². The maximum absolute atomic E-state index is 12.3. The van der Waals surface area contributed by atoms with Crippen LogP contribution in [0.5, 0.6) is 5.75 Å². The highest BCUT2D eigenvalue weighted by Gasteiger charge is 2.53. The van der Waals surface area contributed by atoms with Crippen LogP contribution in [0.25, 0.3) is 0 Å².